The summed E-state index contributed by atoms with van der Waals surface area (Å²) in [5.41, 5.74) is 1.94. The van der Waals surface area contributed by atoms with Gasteiger partial charge in [0.2, 0.25) is 0 Å². The van der Waals surface area contributed by atoms with Gasteiger partial charge in [0.15, 0.2) is 17.4 Å². The molecule has 0 saturated heterocycles. The van der Waals surface area contributed by atoms with Crippen molar-refractivity contribution >= 4 is 23.2 Å². The van der Waals surface area contributed by atoms with E-state index in [0.29, 0.717) is 6.54 Å². The maximum absolute atomic E-state index is 6.19. The predicted octanol–water partition coefficient (Wildman–Crippen LogP) is 2.68. The maximum atomic E-state index is 6.19. The molecular formula is C18H21ClN6. The van der Waals surface area contributed by atoms with Gasteiger partial charge in [-0.15, -0.1) is 10.2 Å². The van der Waals surface area contributed by atoms with Crippen LogP contribution in [0.3, 0.4) is 0 Å². The van der Waals surface area contributed by atoms with Gasteiger partial charge in [-0.25, -0.2) is 4.99 Å². The van der Waals surface area contributed by atoms with Gasteiger partial charge in [0.25, 0.3) is 0 Å². The summed E-state index contributed by atoms with van der Waals surface area (Å²) in [6, 6.07) is 13.7. The van der Waals surface area contributed by atoms with Gasteiger partial charge in [-0.2, -0.15) is 0 Å². The number of halogens is 1. The normalized spacial score (nSPS) is 11.7. The molecule has 0 fully saturated rings. The second-order valence-corrected chi connectivity index (χ2v) is 5.92. The zero-order valence-electron chi connectivity index (χ0n) is 14.1. The molecule has 6 nitrogen and oxygen atoms in total. The van der Waals surface area contributed by atoms with Crippen molar-refractivity contribution in [1.29, 1.82) is 0 Å². The van der Waals surface area contributed by atoms with Crippen molar-refractivity contribution < 1.29 is 0 Å². The zero-order chi connectivity index (χ0) is 17.5. The molecule has 0 aliphatic heterocycles. The fraction of sp³-hybridized carbons (Fsp3) is 0.278. The van der Waals surface area contributed by atoms with E-state index in [9.17, 15) is 0 Å². The highest BCUT2D eigenvalue weighted by atomic mass is 35.5. The molecule has 0 aliphatic rings. The van der Waals surface area contributed by atoms with Crippen molar-refractivity contribution in [2.45, 2.75) is 19.9 Å². The molecule has 0 spiro atoms. The predicted molar refractivity (Wildman–Crippen MR) is 101 cm³/mol. The molecule has 25 heavy (non-hydrogen) atoms. The Morgan fingerprint density at radius 2 is 1.96 bits per heavy atom. The minimum atomic E-state index is 0.451. The van der Waals surface area contributed by atoms with E-state index >= 15 is 0 Å². The topological polar surface area (TPSA) is 66.6 Å². The lowest BCUT2D eigenvalue weighted by molar-refractivity contribution is 0.787. The summed E-state index contributed by atoms with van der Waals surface area (Å²) in [6.07, 6.45) is 2.77. The Hall–Kier alpha value is -2.60. The third-order valence-electron chi connectivity index (χ3n) is 3.75. The van der Waals surface area contributed by atoms with Crippen LogP contribution in [0.25, 0.3) is 5.65 Å². The van der Waals surface area contributed by atoms with Gasteiger partial charge >= 0.3 is 0 Å². The largest absolute Gasteiger partial charge is 0.357 e. The molecule has 130 valence electrons. The summed E-state index contributed by atoms with van der Waals surface area (Å²) in [5, 5.41) is 15.7. The first-order chi connectivity index (χ1) is 12.3. The van der Waals surface area contributed by atoms with E-state index in [4.69, 9.17) is 11.6 Å². The van der Waals surface area contributed by atoms with Gasteiger partial charge < -0.3 is 10.6 Å². The van der Waals surface area contributed by atoms with Crippen LogP contribution in [0.15, 0.2) is 53.7 Å². The molecule has 7 heteroatoms. The van der Waals surface area contributed by atoms with Crippen LogP contribution >= 0.6 is 11.6 Å². The van der Waals surface area contributed by atoms with Gasteiger partial charge in [0, 0.05) is 24.3 Å². The van der Waals surface area contributed by atoms with Gasteiger partial charge in [0.05, 0.1) is 0 Å². The minimum Gasteiger partial charge on any atom is -0.357 e. The van der Waals surface area contributed by atoms with Crippen molar-refractivity contribution in [3.63, 3.8) is 0 Å². The van der Waals surface area contributed by atoms with Crippen LogP contribution in [0.4, 0.5) is 0 Å². The first-order valence-corrected chi connectivity index (χ1v) is 8.70. The molecule has 0 saturated carbocycles. The molecule has 0 aliphatic carbocycles. The Bertz CT molecular complexity index is 857. The molecule has 2 N–H and O–H groups in total. The second-order valence-electron chi connectivity index (χ2n) is 5.51. The Morgan fingerprint density at radius 1 is 1.12 bits per heavy atom. The zero-order valence-corrected chi connectivity index (χ0v) is 14.9. The van der Waals surface area contributed by atoms with Crippen LogP contribution in [-0.4, -0.2) is 33.6 Å². The number of pyridine rings is 1. The van der Waals surface area contributed by atoms with Crippen LogP contribution in [-0.2, 0) is 13.0 Å². The molecule has 0 amide bonds. The number of hydrogen-bond donors (Lipinski definition) is 2. The summed E-state index contributed by atoms with van der Waals surface area (Å²) in [5.74, 6) is 1.56. The Morgan fingerprint density at radius 3 is 2.80 bits per heavy atom. The van der Waals surface area contributed by atoms with Crippen LogP contribution in [0.1, 0.15) is 18.3 Å². The number of nitrogens with one attached hydrogen (secondary N) is 2. The lowest BCUT2D eigenvalue weighted by Crippen LogP contribution is -2.38. The van der Waals surface area contributed by atoms with Crippen LogP contribution in [0.2, 0.25) is 5.02 Å². The smallest absolute Gasteiger partial charge is 0.191 e. The monoisotopic (exact) mass is 356 g/mol. The quantitative estimate of drug-likeness (QED) is 0.526. The summed E-state index contributed by atoms with van der Waals surface area (Å²) >= 11 is 6.19. The number of hydrogen-bond acceptors (Lipinski definition) is 3. The third-order valence-corrected chi connectivity index (χ3v) is 4.12. The Kier molecular flexibility index (Phi) is 5.85. The number of rotatable bonds is 6. The van der Waals surface area contributed by atoms with E-state index in [-0.39, 0.29) is 0 Å². The average Bonchev–Trinajstić information content (AvgIpc) is 3.04. The van der Waals surface area contributed by atoms with Gasteiger partial charge in [-0.1, -0.05) is 35.9 Å². The fourth-order valence-electron chi connectivity index (χ4n) is 2.51. The van der Waals surface area contributed by atoms with Crippen LogP contribution in [0.5, 0.6) is 0 Å². The van der Waals surface area contributed by atoms with Crippen molar-refractivity contribution in [1.82, 2.24) is 25.2 Å². The standard InChI is InChI=1S/C18H21ClN6/c1-2-20-18(21-11-10-14-7-3-4-8-15(14)19)22-13-17-24-23-16-9-5-6-12-25(16)17/h3-9,12H,2,10-11,13H2,1H3,(H2,20,21,22). The molecule has 0 radical (unpaired) electrons. The second kappa shape index (κ2) is 8.48. The molecule has 0 bridgehead atoms. The summed E-state index contributed by atoms with van der Waals surface area (Å²) in [6.45, 7) is 4.03. The molecule has 2 heterocycles. The van der Waals surface area contributed by atoms with Crippen molar-refractivity contribution in [2.24, 2.45) is 4.99 Å². The molecule has 0 unspecified atom stereocenters. The highest BCUT2D eigenvalue weighted by molar-refractivity contribution is 6.31. The summed E-state index contributed by atoms with van der Waals surface area (Å²) in [4.78, 5) is 4.60. The summed E-state index contributed by atoms with van der Waals surface area (Å²) < 4.78 is 1.94. The maximum Gasteiger partial charge on any atom is 0.191 e. The molecule has 0 atom stereocenters. The molecule has 3 aromatic rings. The van der Waals surface area contributed by atoms with E-state index in [2.05, 4.69) is 25.8 Å². The van der Waals surface area contributed by atoms with E-state index in [0.717, 1.165) is 47.5 Å². The lowest BCUT2D eigenvalue weighted by atomic mass is 10.1. The average molecular weight is 357 g/mol. The van der Waals surface area contributed by atoms with E-state index in [1.165, 1.54) is 0 Å². The summed E-state index contributed by atoms with van der Waals surface area (Å²) in [7, 11) is 0. The Balaban J connectivity index is 1.62. The van der Waals surface area contributed by atoms with Gasteiger partial charge in [0.1, 0.15) is 6.54 Å². The van der Waals surface area contributed by atoms with Crippen molar-refractivity contribution in [2.75, 3.05) is 13.1 Å². The third kappa shape index (κ3) is 4.48. The van der Waals surface area contributed by atoms with Gasteiger partial charge in [-0.3, -0.25) is 4.40 Å². The first kappa shape index (κ1) is 17.2. The Labute approximate surface area is 152 Å². The SMILES string of the molecule is CCNC(=NCc1nnc2ccccn12)NCCc1ccccc1Cl. The molecule has 1 aromatic carbocycles. The molecular weight excluding hydrogens is 336 g/mol. The highest BCUT2D eigenvalue weighted by Gasteiger charge is 2.05. The number of guanidine groups is 1. The highest BCUT2D eigenvalue weighted by Crippen LogP contribution is 2.14. The number of nitrogens with zero attached hydrogens (tertiary/aromatic N) is 4. The van der Waals surface area contributed by atoms with Gasteiger partial charge in [-0.05, 0) is 37.1 Å². The number of fused-ring (bicyclic) bond motifs is 1. The number of benzene rings is 1. The molecule has 3 rings (SSSR count). The van der Waals surface area contributed by atoms with Crippen LogP contribution in [0, 0.1) is 0 Å². The first-order valence-electron chi connectivity index (χ1n) is 8.32. The van der Waals surface area contributed by atoms with Crippen molar-refractivity contribution in [3.05, 3.63) is 65.1 Å². The minimum absolute atomic E-state index is 0.451. The fourth-order valence-corrected chi connectivity index (χ4v) is 2.74. The van der Waals surface area contributed by atoms with Crippen molar-refractivity contribution in [3.8, 4) is 0 Å². The number of aliphatic imine (C=N–C) groups is 1. The van der Waals surface area contributed by atoms with E-state index < -0.39 is 0 Å². The van der Waals surface area contributed by atoms with E-state index in [1.807, 2.05) is 60.0 Å². The lowest BCUT2D eigenvalue weighted by Gasteiger charge is -2.11. The van der Waals surface area contributed by atoms with E-state index in [1.54, 1.807) is 0 Å². The number of aromatic nitrogens is 3. The van der Waals surface area contributed by atoms with Crippen LogP contribution < -0.4 is 10.6 Å². The molecule has 2 aromatic heterocycles.